The third-order valence-electron chi connectivity index (χ3n) is 3.74. The molecule has 1 aromatic heterocycles. The molecule has 0 aliphatic rings. The quantitative estimate of drug-likeness (QED) is 0.844. The lowest BCUT2D eigenvalue weighted by Gasteiger charge is -2.18. The Morgan fingerprint density at radius 3 is 2.67 bits per heavy atom. The van der Waals surface area contributed by atoms with Gasteiger partial charge in [0.05, 0.1) is 17.2 Å². The Balaban J connectivity index is 2.22. The van der Waals surface area contributed by atoms with Gasteiger partial charge in [-0.3, -0.25) is 14.2 Å². The highest BCUT2D eigenvalue weighted by Gasteiger charge is 2.11. The smallest absolute Gasteiger partial charge is 0.261 e. The molecule has 0 saturated carbocycles. The van der Waals surface area contributed by atoms with Gasteiger partial charge in [-0.05, 0) is 32.4 Å². The molecule has 0 atom stereocenters. The maximum atomic E-state index is 12.4. The van der Waals surface area contributed by atoms with E-state index in [1.54, 1.807) is 11.0 Å². The van der Waals surface area contributed by atoms with Gasteiger partial charge in [-0.15, -0.1) is 0 Å². The second-order valence-corrected chi connectivity index (χ2v) is 5.03. The summed E-state index contributed by atoms with van der Waals surface area (Å²) >= 11 is 0. The standard InChI is InChI=1S/C16H21N3O2/c1-4-18(5-2)14(20)9-10-19-11-17-15-12(3)7-6-8-13(15)16(19)21/h6-8,11H,4-5,9-10H2,1-3H3. The van der Waals surface area contributed by atoms with Crippen molar-refractivity contribution in [3.8, 4) is 0 Å². The average molecular weight is 287 g/mol. The predicted octanol–water partition coefficient (Wildman–Crippen LogP) is 1.96. The molecular formula is C16H21N3O2. The van der Waals surface area contributed by atoms with Gasteiger partial charge in [-0.2, -0.15) is 0 Å². The van der Waals surface area contributed by atoms with E-state index in [0.29, 0.717) is 31.4 Å². The van der Waals surface area contributed by atoms with Gasteiger partial charge in [0, 0.05) is 26.1 Å². The molecule has 0 N–H and O–H groups in total. The largest absolute Gasteiger partial charge is 0.343 e. The molecule has 112 valence electrons. The van der Waals surface area contributed by atoms with Crippen LogP contribution in [0.2, 0.25) is 0 Å². The Bertz CT molecular complexity index is 702. The monoisotopic (exact) mass is 287 g/mol. The van der Waals surface area contributed by atoms with Crippen LogP contribution in [0.1, 0.15) is 25.8 Å². The van der Waals surface area contributed by atoms with Crippen LogP contribution in [-0.4, -0.2) is 33.4 Å². The summed E-state index contributed by atoms with van der Waals surface area (Å²) in [6.07, 6.45) is 1.85. The Morgan fingerprint density at radius 2 is 2.00 bits per heavy atom. The Hall–Kier alpha value is -2.17. The summed E-state index contributed by atoms with van der Waals surface area (Å²) in [5, 5.41) is 0.604. The van der Waals surface area contributed by atoms with Crippen LogP contribution < -0.4 is 5.56 Å². The molecule has 5 nitrogen and oxygen atoms in total. The molecule has 0 aliphatic carbocycles. The van der Waals surface area contributed by atoms with Gasteiger partial charge in [-0.25, -0.2) is 4.98 Å². The number of para-hydroxylation sites is 1. The van der Waals surface area contributed by atoms with E-state index in [2.05, 4.69) is 4.98 Å². The minimum atomic E-state index is -0.0870. The fourth-order valence-corrected chi connectivity index (χ4v) is 2.45. The van der Waals surface area contributed by atoms with Gasteiger partial charge in [0.25, 0.3) is 5.56 Å². The first-order chi connectivity index (χ1) is 10.1. The first-order valence-electron chi connectivity index (χ1n) is 7.31. The molecule has 2 aromatic rings. The van der Waals surface area contributed by atoms with Crippen LogP contribution in [0.4, 0.5) is 0 Å². The zero-order valence-corrected chi connectivity index (χ0v) is 12.8. The Labute approximate surface area is 124 Å². The highest BCUT2D eigenvalue weighted by molar-refractivity contribution is 5.80. The van der Waals surface area contributed by atoms with Crippen LogP contribution in [-0.2, 0) is 11.3 Å². The highest BCUT2D eigenvalue weighted by Crippen LogP contribution is 2.11. The van der Waals surface area contributed by atoms with Crippen molar-refractivity contribution in [2.45, 2.75) is 33.7 Å². The van der Waals surface area contributed by atoms with Crippen molar-refractivity contribution in [3.05, 3.63) is 40.4 Å². The zero-order valence-electron chi connectivity index (χ0n) is 12.8. The van der Waals surface area contributed by atoms with Crippen molar-refractivity contribution in [1.29, 1.82) is 0 Å². The summed E-state index contributed by atoms with van der Waals surface area (Å²) in [4.78, 5) is 30.5. The van der Waals surface area contributed by atoms with E-state index < -0.39 is 0 Å². The molecule has 0 aliphatic heterocycles. The molecule has 0 spiro atoms. The molecule has 0 fully saturated rings. The molecule has 21 heavy (non-hydrogen) atoms. The lowest BCUT2D eigenvalue weighted by Crippen LogP contribution is -2.32. The number of rotatable bonds is 5. The first-order valence-corrected chi connectivity index (χ1v) is 7.31. The van der Waals surface area contributed by atoms with Crippen LogP contribution in [0.3, 0.4) is 0 Å². The van der Waals surface area contributed by atoms with Crippen molar-refractivity contribution < 1.29 is 4.79 Å². The fraction of sp³-hybridized carbons (Fsp3) is 0.438. The molecular weight excluding hydrogens is 266 g/mol. The van der Waals surface area contributed by atoms with Gasteiger partial charge < -0.3 is 4.90 Å². The maximum absolute atomic E-state index is 12.4. The van der Waals surface area contributed by atoms with Crippen molar-refractivity contribution in [2.75, 3.05) is 13.1 Å². The molecule has 0 saturated heterocycles. The number of fused-ring (bicyclic) bond motifs is 1. The minimum absolute atomic E-state index is 0.0660. The molecule has 0 bridgehead atoms. The number of hydrogen-bond donors (Lipinski definition) is 0. The van der Waals surface area contributed by atoms with Crippen molar-refractivity contribution in [3.63, 3.8) is 0 Å². The van der Waals surface area contributed by atoms with Gasteiger partial charge in [0.2, 0.25) is 5.91 Å². The van der Waals surface area contributed by atoms with E-state index in [1.165, 1.54) is 10.9 Å². The van der Waals surface area contributed by atoms with Crippen LogP contribution in [0.5, 0.6) is 0 Å². The van der Waals surface area contributed by atoms with Gasteiger partial charge >= 0.3 is 0 Å². The lowest BCUT2D eigenvalue weighted by molar-refractivity contribution is -0.131. The Morgan fingerprint density at radius 1 is 1.29 bits per heavy atom. The van der Waals surface area contributed by atoms with E-state index >= 15 is 0 Å². The summed E-state index contributed by atoms with van der Waals surface area (Å²) < 4.78 is 1.52. The number of benzene rings is 1. The highest BCUT2D eigenvalue weighted by atomic mass is 16.2. The second kappa shape index (κ2) is 6.52. The van der Waals surface area contributed by atoms with Gasteiger partial charge in [0.1, 0.15) is 0 Å². The third kappa shape index (κ3) is 3.12. The molecule has 0 unspecified atom stereocenters. The third-order valence-corrected chi connectivity index (χ3v) is 3.74. The van der Waals surface area contributed by atoms with Gasteiger partial charge in [-0.1, -0.05) is 12.1 Å². The SMILES string of the molecule is CCN(CC)C(=O)CCn1cnc2c(C)cccc2c1=O. The van der Waals surface area contributed by atoms with E-state index in [9.17, 15) is 9.59 Å². The summed E-state index contributed by atoms with van der Waals surface area (Å²) in [6.45, 7) is 7.59. The van der Waals surface area contributed by atoms with Crippen molar-refractivity contribution in [1.82, 2.24) is 14.5 Å². The molecule has 1 aromatic carbocycles. The number of aromatic nitrogens is 2. The summed E-state index contributed by atoms with van der Waals surface area (Å²) in [7, 11) is 0. The van der Waals surface area contributed by atoms with Crippen LogP contribution in [0.25, 0.3) is 10.9 Å². The number of nitrogens with zero attached hydrogens (tertiary/aromatic N) is 3. The molecule has 1 heterocycles. The van der Waals surface area contributed by atoms with Crippen LogP contribution in [0.15, 0.2) is 29.3 Å². The summed E-state index contributed by atoms with van der Waals surface area (Å²) in [5.74, 6) is 0.0660. The number of amides is 1. The minimum Gasteiger partial charge on any atom is -0.343 e. The average Bonchev–Trinajstić information content (AvgIpc) is 2.48. The molecule has 0 radical (unpaired) electrons. The number of carbonyl (C=O) groups excluding carboxylic acids is 1. The predicted molar refractivity (Wildman–Crippen MR) is 83.3 cm³/mol. The van der Waals surface area contributed by atoms with E-state index in [1.807, 2.05) is 32.9 Å². The molecule has 2 rings (SSSR count). The van der Waals surface area contributed by atoms with Gasteiger partial charge in [0.15, 0.2) is 0 Å². The maximum Gasteiger partial charge on any atom is 0.261 e. The van der Waals surface area contributed by atoms with Crippen LogP contribution in [0, 0.1) is 6.92 Å². The first kappa shape index (κ1) is 15.2. The van der Waals surface area contributed by atoms with E-state index in [4.69, 9.17) is 0 Å². The number of carbonyl (C=O) groups is 1. The summed E-state index contributed by atoms with van der Waals surface area (Å²) in [6, 6.07) is 5.57. The molecule has 1 amide bonds. The normalized spacial score (nSPS) is 10.8. The lowest BCUT2D eigenvalue weighted by atomic mass is 10.1. The molecule has 5 heteroatoms. The number of aryl methyl sites for hydroxylation is 2. The topological polar surface area (TPSA) is 55.2 Å². The number of hydrogen-bond acceptors (Lipinski definition) is 3. The zero-order chi connectivity index (χ0) is 15.4. The van der Waals surface area contributed by atoms with Crippen molar-refractivity contribution in [2.24, 2.45) is 0 Å². The summed E-state index contributed by atoms with van der Waals surface area (Å²) in [5.41, 5.74) is 1.63. The second-order valence-electron chi connectivity index (χ2n) is 5.03. The fourth-order valence-electron chi connectivity index (χ4n) is 2.45. The Kier molecular flexibility index (Phi) is 4.73. The van der Waals surface area contributed by atoms with Crippen molar-refractivity contribution >= 4 is 16.8 Å². The van der Waals surface area contributed by atoms with Crippen LogP contribution >= 0.6 is 0 Å². The van der Waals surface area contributed by atoms with E-state index in [-0.39, 0.29) is 11.5 Å². The van der Waals surface area contributed by atoms with E-state index in [0.717, 1.165) is 11.1 Å².